The second kappa shape index (κ2) is 5.10. The third-order valence-corrected chi connectivity index (χ3v) is 2.78. The molecule has 98 valence electrons. The summed E-state index contributed by atoms with van der Waals surface area (Å²) in [6.07, 6.45) is 0. The monoisotopic (exact) mass is 258 g/mol. The molecule has 2 aromatic carbocycles. The summed E-state index contributed by atoms with van der Waals surface area (Å²) in [6, 6.07) is 9.72. The normalized spacial score (nSPS) is 10.3. The molecular formula is C15H15FN2O. The maximum atomic E-state index is 13.0. The summed E-state index contributed by atoms with van der Waals surface area (Å²) in [5, 5.41) is 7.54. The largest absolute Gasteiger partial charge is 0.456 e. The SMILES string of the molecule is Cc1ccc(C(=N)N)c(Oc2ccc(F)cc2C)c1. The Hall–Kier alpha value is -2.36. The molecule has 0 aliphatic carbocycles. The lowest BCUT2D eigenvalue weighted by Crippen LogP contribution is -2.12. The zero-order valence-corrected chi connectivity index (χ0v) is 10.8. The van der Waals surface area contributed by atoms with E-state index in [1.165, 1.54) is 12.1 Å². The molecule has 0 bridgehead atoms. The topological polar surface area (TPSA) is 59.1 Å². The molecule has 0 fully saturated rings. The lowest BCUT2D eigenvalue weighted by atomic mass is 10.1. The third kappa shape index (κ3) is 2.91. The number of aryl methyl sites for hydroxylation is 2. The van der Waals surface area contributed by atoms with Crippen molar-refractivity contribution in [3.05, 3.63) is 58.9 Å². The highest BCUT2D eigenvalue weighted by atomic mass is 19.1. The van der Waals surface area contributed by atoms with Gasteiger partial charge in [0.15, 0.2) is 0 Å². The van der Waals surface area contributed by atoms with Crippen LogP contribution in [0.1, 0.15) is 16.7 Å². The molecule has 3 N–H and O–H groups in total. The number of nitrogens with one attached hydrogen (secondary N) is 1. The van der Waals surface area contributed by atoms with Gasteiger partial charge in [0, 0.05) is 0 Å². The molecule has 19 heavy (non-hydrogen) atoms. The van der Waals surface area contributed by atoms with E-state index < -0.39 is 0 Å². The quantitative estimate of drug-likeness (QED) is 0.653. The minimum Gasteiger partial charge on any atom is -0.456 e. The molecule has 0 saturated carbocycles. The van der Waals surface area contributed by atoms with Crippen LogP contribution in [0.4, 0.5) is 4.39 Å². The number of nitrogen functional groups attached to an aromatic ring is 1. The Kier molecular flexibility index (Phi) is 3.51. The van der Waals surface area contributed by atoms with Crippen molar-refractivity contribution < 1.29 is 9.13 Å². The van der Waals surface area contributed by atoms with Crippen molar-refractivity contribution in [1.29, 1.82) is 5.41 Å². The van der Waals surface area contributed by atoms with E-state index in [9.17, 15) is 4.39 Å². The molecule has 0 spiro atoms. The van der Waals surface area contributed by atoms with Gasteiger partial charge in [0.05, 0.1) is 5.56 Å². The standard InChI is InChI=1S/C15H15FN2O/c1-9-3-5-12(15(17)18)14(7-9)19-13-6-4-11(16)8-10(13)2/h3-8H,1-2H3,(H3,17,18). The van der Waals surface area contributed by atoms with Gasteiger partial charge in [-0.2, -0.15) is 0 Å². The molecule has 0 aliphatic heterocycles. The van der Waals surface area contributed by atoms with Gasteiger partial charge in [0.2, 0.25) is 0 Å². The summed E-state index contributed by atoms with van der Waals surface area (Å²) in [7, 11) is 0. The van der Waals surface area contributed by atoms with Crippen LogP contribution in [0.25, 0.3) is 0 Å². The molecule has 2 rings (SSSR count). The summed E-state index contributed by atoms with van der Waals surface area (Å²) in [5.41, 5.74) is 7.74. The van der Waals surface area contributed by atoms with E-state index in [0.29, 0.717) is 22.6 Å². The lowest BCUT2D eigenvalue weighted by molar-refractivity contribution is 0.475. The fraction of sp³-hybridized carbons (Fsp3) is 0.133. The number of rotatable bonds is 3. The minimum absolute atomic E-state index is 0.0604. The number of hydrogen-bond acceptors (Lipinski definition) is 2. The van der Waals surface area contributed by atoms with E-state index in [0.717, 1.165) is 5.56 Å². The van der Waals surface area contributed by atoms with Crippen LogP contribution in [0, 0.1) is 25.1 Å². The summed E-state index contributed by atoms with van der Waals surface area (Å²) < 4.78 is 18.8. The van der Waals surface area contributed by atoms with Crippen molar-refractivity contribution in [2.45, 2.75) is 13.8 Å². The van der Waals surface area contributed by atoms with Crippen molar-refractivity contribution in [1.82, 2.24) is 0 Å². The maximum Gasteiger partial charge on any atom is 0.138 e. The van der Waals surface area contributed by atoms with E-state index in [4.69, 9.17) is 15.9 Å². The maximum absolute atomic E-state index is 13.0. The van der Waals surface area contributed by atoms with E-state index in [-0.39, 0.29) is 11.7 Å². The Morgan fingerprint density at radius 3 is 2.47 bits per heavy atom. The Morgan fingerprint density at radius 2 is 1.84 bits per heavy atom. The highest BCUT2D eigenvalue weighted by Crippen LogP contribution is 2.29. The predicted molar refractivity (Wildman–Crippen MR) is 73.4 cm³/mol. The van der Waals surface area contributed by atoms with Crippen molar-refractivity contribution in [2.75, 3.05) is 0 Å². The molecule has 3 nitrogen and oxygen atoms in total. The Balaban J connectivity index is 2.42. The van der Waals surface area contributed by atoms with Crippen LogP contribution in [0.2, 0.25) is 0 Å². The number of benzene rings is 2. The average Bonchev–Trinajstić information content (AvgIpc) is 2.32. The highest BCUT2D eigenvalue weighted by molar-refractivity contribution is 5.97. The molecule has 0 amide bonds. The van der Waals surface area contributed by atoms with Crippen molar-refractivity contribution in [3.8, 4) is 11.5 Å². The molecule has 0 unspecified atom stereocenters. The van der Waals surface area contributed by atoms with Crippen molar-refractivity contribution in [2.24, 2.45) is 5.73 Å². The first-order valence-electron chi connectivity index (χ1n) is 5.86. The van der Waals surface area contributed by atoms with Gasteiger partial charge < -0.3 is 10.5 Å². The molecule has 2 aromatic rings. The first kappa shape index (κ1) is 13.1. The second-order valence-corrected chi connectivity index (χ2v) is 4.43. The van der Waals surface area contributed by atoms with Crippen LogP contribution in [0.15, 0.2) is 36.4 Å². The van der Waals surface area contributed by atoms with Crippen LogP contribution < -0.4 is 10.5 Å². The number of ether oxygens (including phenoxy) is 1. The summed E-state index contributed by atoms with van der Waals surface area (Å²) >= 11 is 0. The summed E-state index contributed by atoms with van der Waals surface area (Å²) in [5.74, 6) is 0.687. The Morgan fingerprint density at radius 1 is 1.11 bits per heavy atom. The molecule has 0 aromatic heterocycles. The Bertz CT molecular complexity index is 638. The fourth-order valence-corrected chi connectivity index (χ4v) is 1.78. The van der Waals surface area contributed by atoms with Crippen molar-refractivity contribution in [3.63, 3.8) is 0 Å². The summed E-state index contributed by atoms with van der Waals surface area (Å²) in [6.45, 7) is 3.69. The van der Waals surface area contributed by atoms with Crippen LogP contribution in [-0.2, 0) is 0 Å². The van der Waals surface area contributed by atoms with Gasteiger partial charge in [-0.05, 0) is 55.3 Å². The fourth-order valence-electron chi connectivity index (χ4n) is 1.78. The van der Waals surface area contributed by atoms with E-state index in [1.807, 2.05) is 13.0 Å². The second-order valence-electron chi connectivity index (χ2n) is 4.43. The van der Waals surface area contributed by atoms with E-state index in [2.05, 4.69) is 0 Å². The number of halogens is 1. The van der Waals surface area contributed by atoms with Gasteiger partial charge >= 0.3 is 0 Å². The first-order chi connectivity index (χ1) is 8.97. The van der Waals surface area contributed by atoms with E-state index >= 15 is 0 Å². The Labute approximate surface area is 111 Å². The number of nitrogens with two attached hydrogens (primary N) is 1. The molecular weight excluding hydrogens is 243 g/mol. The van der Waals surface area contributed by atoms with Crippen LogP contribution >= 0.6 is 0 Å². The lowest BCUT2D eigenvalue weighted by Gasteiger charge is -2.13. The highest BCUT2D eigenvalue weighted by Gasteiger charge is 2.10. The van der Waals surface area contributed by atoms with Gasteiger partial charge in [-0.15, -0.1) is 0 Å². The zero-order valence-electron chi connectivity index (χ0n) is 10.8. The van der Waals surface area contributed by atoms with Gasteiger partial charge in [0.25, 0.3) is 0 Å². The zero-order chi connectivity index (χ0) is 14.0. The van der Waals surface area contributed by atoms with Crippen LogP contribution in [-0.4, -0.2) is 5.84 Å². The predicted octanol–water partition coefficient (Wildman–Crippen LogP) is 3.52. The molecule has 0 aliphatic rings. The first-order valence-corrected chi connectivity index (χ1v) is 5.86. The average molecular weight is 258 g/mol. The smallest absolute Gasteiger partial charge is 0.138 e. The molecule has 0 heterocycles. The molecule has 0 radical (unpaired) electrons. The van der Waals surface area contributed by atoms with Gasteiger partial charge in [-0.25, -0.2) is 4.39 Å². The van der Waals surface area contributed by atoms with Crippen LogP contribution in [0.3, 0.4) is 0 Å². The minimum atomic E-state index is -0.305. The van der Waals surface area contributed by atoms with Crippen LogP contribution in [0.5, 0.6) is 11.5 Å². The van der Waals surface area contributed by atoms with Gasteiger partial charge in [-0.1, -0.05) is 6.07 Å². The molecule has 4 heteroatoms. The van der Waals surface area contributed by atoms with Gasteiger partial charge in [0.1, 0.15) is 23.2 Å². The summed E-state index contributed by atoms with van der Waals surface area (Å²) in [4.78, 5) is 0. The number of hydrogen-bond donors (Lipinski definition) is 2. The molecule has 0 atom stereocenters. The third-order valence-electron chi connectivity index (χ3n) is 2.78. The van der Waals surface area contributed by atoms with E-state index in [1.54, 1.807) is 25.1 Å². The molecule has 0 saturated heterocycles. The van der Waals surface area contributed by atoms with Crippen molar-refractivity contribution >= 4 is 5.84 Å². The number of amidine groups is 1. The van der Waals surface area contributed by atoms with Gasteiger partial charge in [-0.3, -0.25) is 5.41 Å².